The van der Waals surface area contributed by atoms with Crippen LogP contribution in [0, 0.1) is 24.2 Å². The van der Waals surface area contributed by atoms with Gasteiger partial charge in [0.15, 0.2) is 0 Å². The molecule has 0 aromatic heterocycles. The lowest BCUT2D eigenvalue weighted by Crippen LogP contribution is -2.39. The molecular weight excluding hydrogens is 220 g/mol. The summed E-state index contributed by atoms with van der Waals surface area (Å²) < 4.78 is 0. The van der Waals surface area contributed by atoms with Crippen LogP contribution in [0.4, 0.5) is 5.69 Å². The molecule has 0 N–H and O–H groups in total. The molecule has 2 heteroatoms. The molecule has 1 saturated carbocycles. The first-order chi connectivity index (χ1) is 8.63. The zero-order chi connectivity index (χ0) is 13.1. The summed E-state index contributed by atoms with van der Waals surface area (Å²) in [5.41, 5.74) is 3.10. The lowest BCUT2D eigenvalue weighted by Gasteiger charge is -2.37. The Labute approximate surface area is 110 Å². The third-order valence-corrected chi connectivity index (χ3v) is 4.30. The van der Waals surface area contributed by atoms with Crippen LogP contribution in [0.1, 0.15) is 43.7 Å². The Kier molecular flexibility index (Phi) is 3.91. The Bertz CT molecular complexity index is 459. The number of nitriles is 1. The SMILES string of the molecule is Cc1cc(N(C)C2CCCCC2C)ccc1C#N. The lowest BCUT2D eigenvalue weighted by molar-refractivity contribution is 0.321. The van der Waals surface area contributed by atoms with Crippen molar-refractivity contribution in [3.63, 3.8) is 0 Å². The molecule has 1 fully saturated rings. The van der Waals surface area contributed by atoms with Crippen LogP contribution in [0.2, 0.25) is 0 Å². The van der Waals surface area contributed by atoms with E-state index in [4.69, 9.17) is 5.26 Å². The molecule has 0 spiro atoms. The average Bonchev–Trinajstić information content (AvgIpc) is 2.38. The highest BCUT2D eigenvalue weighted by Crippen LogP contribution is 2.31. The average molecular weight is 242 g/mol. The quantitative estimate of drug-likeness (QED) is 0.787. The van der Waals surface area contributed by atoms with E-state index in [2.05, 4.69) is 37.1 Å². The minimum absolute atomic E-state index is 0.645. The second kappa shape index (κ2) is 5.44. The van der Waals surface area contributed by atoms with Crippen LogP contribution < -0.4 is 4.90 Å². The van der Waals surface area contributed by atoms with E-state index in [0.29, 0.717) is 6.04 Å². The van der Waals surface area contributed by atoms with E-state index in [1.165, 1.54) is 31.4 Å². The molecule has 0 heterocycles. The van der Waals surface area contributed by atoms with E-state index in [0.717, 1.165) is 17.0 Å². The fourth-order valence-electron chi connectivity index (χ4n) is 3.06. The zero-order valence-corrected chi connectivity index (χ0v) is 11.6. The van der Waals surface area contributed by atoms with Crippen molar-refractivity contribution < 1.29 is 0 Å². The summed E-state index contributed by atoms with van der Waals surface area (Å²) in [6.07, 6.45) is 5.34. The van der Waals surface area contributed by atoms with Gasteiger partial charge < -0.3 is 4.90 Å². The molecule has 96 valence electrons. The number of anilines is 1. The Morgan fingerprint density at radius 2 is 2.00 bits per heavy atom. The summed E-state index contributed by atoms with van der Waals surface area (Å²) in [5.74, 6) is 0.764. The van der Waals surface area contributed by atoms with Gasteiger partial charge in [-0.25, -0.2) is 0 Å². The highest BCUT2D eigenvalue weighted by atomic mass is 15.1. The minimum atomic E-state index is 0.645. The normalized spacial score (nSPS) is 23.4. The smallest absolute Gasteiger partial charge is 0.0994 e. The third-order valence-electron chi connectivity index (χ3n) is 4.30. The fraction of sp³-hybridized carbons (Fsp3) is 0.562. The number of benzene rings is 1. The monoisotopic (exact) mass is 242 g/mol. The van der Waals surface area contributed by atoms with Gasteiger partial charge in [-0.3, -0.25) is 0 Å². The van der Waals surface area contributed by atoms with Crippen molar-refractivity contribution in [2.45, 2.75) is 45.6 Å². The molecule has 1 aliphatic carbocycles. The molecule has 0 radical (unpaired) electrons. The maximum absolute atomic E-state index is 8.98. The molecule has 0 amide bonds. The van der Waals surface area contributed by atoms with Gasteiger partial charge in [-0.15, -0.1) is 0 Å². The zero-order valence-electron chi connectivity index (χ0n) is 11.6. The maximum Gasteiger partial charge on any atom is 0.0994 e. The van der Waals surface area contributed by atoms with Crippen molar-refractivity contribution in [1.82, 2.24) is 0 Å². The molecule has 2 unspecified atom stereocenters. The summed E-state index contributed by atoms with van der Waals surface area (Å²) in [5, 5.41) is 8.98. The van der Waals surface area contributed by atoms with Crippen molar-refractivity contribution in [2.75, 3.05) is 11.9 Å². The highest BCUT2D eigenvalue weighted by molar-refractivity contribution is 5.53. The van der Waals surface area contributed by atoms with Crippen molar-refractivity contribution in [3.05, 3.63) is 29.3 Å². The summed E-state index contributed by atoms with van der Waals surface area (Å²) in [6, 6.07) is 9.03. The van der Waals surface area contributed by atoms with Gasteiger partial charge in [-0.05, 0) is 49.4 Å². The standard InChI is InChI=1S/C16H22N2/c1-12-6-4-5-7-16(12)18(3)15-9-8-14(11-17)13(2)10-15/h8-10,12,16H,4-7H2,1-3H3. The van der Waals surface area contributed by atoms with Crippen molar-refractivity contribution in [1.29, 1.82) is 5.26 Å². The number of nitrogens with zero attached hydrogens (tertiary/aromatic N) is 2. The first-order valence-electron chi connectivity index (χ1n) is 6.87. The molecule has 2 atom stereocenters. The topological polar surface area (TPSA) is 27.0 Å². The molecule has 1 aromatic rings. The van der Waals surface area contributed by atoms with Crippen LogP contribution in [0.5, 0.6) is 0 Å². The van der Waals surface area contributed by atoms with Gasteiger partial charge in [0.25, 0.3) is 0 Å². The summed E-state index contributed by atoms with van der Waals surface area (Å²) in [4.78, 5) is 2.40. The van der Waals surface area contributed by atoms with Crippen molar-refractivity contribution in [3.8, 4) is 6.07 Å². The van der Waals surface area contributed by atoms with Crippen molar-refractivity contribution >= 4 is 5.69 Å². The van der Waals surface area contributed by atoms with Crippen LogP contribution in [-0.2, 0) is 0 Å². The summed E-state index contributed by atoms with van der Waals surface area (Å²) >= 11 is 0. The Hall–Kier alpha value is -1.49. The molecule has 1 aromatic carbocycles. The van der Waals surface area contributed by atoms with E-state index in [1.54, 1.807) is 0 Å². The van der Waals surface area contributed by atoms with Crippen LogP contribution in [0.25, 0.3) is 0 Å². The first kappa shape index (κ1) is 13.0. The minimum Gasteiger partial charge on any atom is -0.371 e. The highest BCUT2D eigenvalue weighted by Gasteiger charge is 2.25. The van der Waals surface area contributed by atoms with E-state index < -0.39 is 0 Å². The molecular formula is C16H22N2. The van der Waals surface area contributed by atoms with Gasteiger partial charge in [0.05, 0.1) is 11.6 Å². The molecule has 2 nitrogen and oxygen atoms in total. The van der Waals surface area contributed by atoms with Gasteiger partial charge in [-0.1, -0.05) is 19.8 Å². The molecule has 2 rings (SSSR count). The predicted molar refractivity (Wildman–Crippen MR) is 75.7 cm³/mol. The van der Waals surface area contributed by atoms with Crippen LogP contribution in [-0.4, -0.2) is 13.1 Å². The molecule has 0 saturated heterocycles. The van der Waals surface area contributed by atoms with E-state index >= 15 is 0 Å². The molecule has 18 heavy (non-hydrogen) atoms. The van der Waals surface area contributed by atoms with Crippen LogP contribution in [0.3, 0.4) is 0 Å². The Morgan fingerprint density at radius 1 is 1.28 bits per heavy atom. The number of hydrogen-bond acceptors (Lipinski definition) is 2. The first-order valence-corrected chi connectivity index (χ1v) is 6.87. The van der Waals surface area contributed by atoms with E-state index in [-0.39, 0.29) is 0 Å². The predicted octanol–water partition coefficient (Wildman–Crippen LogP) is 3.88. The van der Waals surface area contributed by atoms with Gasteiger partial charge in [0.2, 0.25) is 0 Å². The Morgan fingerprint density at radius 3 is 2.61 bits per heavy atom. The number of rotatable bonds is 2. The second-order valence-electron chi connectivity index (χ2n) is 5.55. The van der Waals surface area contributed by atoms with Gasteiger partial charge in [0, 0.05) is 18.8 Å². The summed E-state index contributed by atoms with van der Waals surface area (Å²) in [7, 11) is 2.19. The van der Waals surface area contributed by atoms with Gasteiger partial charge >= 0.3 is 0 Å². The Balaban J connectivity index is 2.20. The molecule has 0 bridgehead atoms. The van der Waals surface area contributed by atoms with Crippen LogP contribution in [0.15, 0.2) is 18.2 Å². The summed E-state index contributed by atoms with van der Waals surface area (Å²) in [6.45, 7) is 4.37. The van der Waals surface area contributed by atoms with E-state index in [1.807, 2.05) is 13.0 Å². The van der Waals surface area contributed by atoms with Crippen LogP contribution >= 0.6 is 0 Å². The third kappa shape index (κ3) is 2.51. The van der Waals surface area contributed by atoms with Gasteiger partial charge in [0.1, 0.15) is 0 Å². The molecule has 1 aliphatic rings. The largest absolute Gasteiger partial charge is 0.371 e. The second-order valence-corrected chi connectivity index (χ2v) is 5.55. The lowest BCUT2D eigenvalue weighted by atomic mass is 9.85. The number of hydrogen-bond donors (Lipinski definition) is 0. The number of aryl methyl sites for hydroxylation is 1. The van der Waals surface area contributed by atoms with Crippen molar-refractivity contribution in [2.24, 2.45) is 5.92 Å². The molecule has 0 aliphatic heterocycles. The maximum atomic E-state index is 8.98. The fourth-order valence-corrected chi connectivity index (χ4v) is 3.06. The van der Waals surface area contributed by atoms with E-state index in [9.17, 15) is 0 Å². The van der Waals surface area contributed by atoms with Gasteiger partial charge in [-0.2, -0.15) is 5.26 Å².